The van der Waals surface area contributed by atoms with Crippen molar-refractivity contribution < 1.29 is 9.18 Å². The lowest BCUT2D eigenvalue weighted by Gasteiger charge is -2.17. The molecule has 0 aliphatic carbocycles. The zero-order valence-corrected chi connectivity index (χ0v) is 13.6. The number of carbonyl (C=O) groups excluding carboxylic acids is 1. The van der Waals surface area contributed by atoms with Gasteiger partial charge in [0, 0.05) is 12.6 Å². The lowest BCUT2D eigenvalue weighted by atomic mass is 9.85. The van der Waals surface area contributed by atoms with Gasteiger partial charge in [0.15, 0.2) is 0 Å². The average molecular weight is 340 g/mol. The van der Waals surface area contributed by atoms with E-state index in [1.165, 1.54) is 12.3 Å². The van der Waals surface area contributed by atoms with Crippen molar-refractivity contribution in [3.8, 4) is 0 Å². The lowest BCUT2D eigenvalue weighted by molar-refractivity contribution is -0.119. The third kappa shape index (κ3) is 3.69. The maximum atomic E-state index is 13.4. The highest BCUT2D eigenvalue weighted by Gasteiger charge is 2.23. The quantitative estimate of drug-likeness (QED) is 0.624. The Balaban J connectivity index is 1.97. The first-order valence-corrected chi connectivity index (χ1v) is 7.95. The van der Waals surface area contributed by atoms with Crippen LogP contribution in [0.5, 0.6) is 0 Å². The zero-order chi connectivity index (χ0) is 16.9. The Morgan fingerprint density at radius 2 is 1.54 bits per heavy atom. The van der Waals surface area contributed by atoms with Crippen molar-refractivity contribution in [2.24, 2.45) is 0 Å². The van der Waals surface area contributed by atoms with E-state index >= 15 is 0 Å². The van der Waals surface area contributed by atoms with Crippen molar-refractivity contribution in [1.29, 1.82) is 0 Å². The van der Waals surface area contributed by atoms with Gasteiger partial charge < -0.3 is 0 Å². The summed E-state index contributed by atoms with van der Waals surface area (Å²) in [7, 11) is 0. The third-order valence-electron chi connectivity index (χ3n) is 3.85. The number of halogens is 2. The van der Waals surface area contributed by atoms with Crippen molar-refractivity contribution in [3.63, 3.8) is 0 Å². The van der Waals surface area contributed by atoms with Crippen molar-refractivity contribution in [1.82, 2.24) is 4.98 Å². The SMILES string of the molecule is O=C(Cc1cc(F)ncc1Cl)C(c1ccccc1)c1ccccc1. The summed E-state index contributed by atoms with van der Waals surface area (Å²) in [4.78, 5) is 16.5. The van der Waals surface area contributed by atoms with E-state index in [-0.39, 0.29) is 12.2 Å². The normalized spacial score (nSPS) is 10.8. The minimum atomic E-state index is -0.641. The Morgan fingerprint density at radius 1 is 1.00 bits per heavy atom. The molecule has 0 fully saturated rings. The fourth-order valence-electron chi connectivity index (χ4n) is 2.73. The van der Waals surface area contributed by atoms with Crippen molar-refractivity contribution in [2.45, 2.75) is 12.3 Å². The molecule has 1 aromatic heterocycles. The van der Waals surface area contributed by atoms with E-state index in [2.05, 4.69) is 4.98 Å². The van der Waals surface area contributed by atoms with Gasteiger partial charge in [0.1, 0.15) is 5.78 Å². The molecule has 0 spiro atoms. The van der Waals surface area contributed by atoms with Crippen LogP contribution < -0.4 is 0 Å². The van der Waals surface area contributed by atoms with Gasteiger partial charge in [-0.3, -0.25) is 4.79 Å². The van der Waals surface area contributed by atoms with Crippen LogP contribution in [0.3, 0.4) is 0 Å². The van der Waals surface area contributed by atoms with Crippen LogP contribution in [-0.4, -0.2) is 10.8 Å². The van der Waals surface area contributed by atoms with Gasteiger partial charge in [0.2, 0.25) is 5.95 Å². The molecule has 0 aliphatic heterocycles. The lowest BCUT2D eigenvalue weighted by Crippen LogP contribution is -2.17. The monoisotopic (exact) mass is 339 g/mol. The predicted molar refractivity (Wildman–Crippen MR) is 92.6 cm³/mol. The molecule has 1 heterocycles. The topological polar surface area (TPSA) is 30.0 Å². The number of Topliss-reactive ketones (excluding diaryl/α,β-unsaturated/α-hetero) is 1. The molecule has 3 aromatic rings. The molecular formula is C20H15ClFNO. The number of benzene rings is 2. The van der Waals surface area contributed by atoms with Crippen LogP contribution in [0.25, 0.3) is 0 Å². The van der Waals surface area contributed by atoms with Gasteiger partial charge in [-0.2, -0.15) is 4.39 Å². The average Bonchev–Trinajstić information content (AvgIpc) is 2.60. The first-order valence-electron chi connectivity index (χ1n) is 7.57. The molecule has 0 saturated heterocycles. The molecule has 0 N–H and O–H groups in total. The second kappa shape index (κ2) is 7.37. The largest absolute Gasteiger partial charge is 0.298 e. The first-order chi connectivity index (χ1) is 11.6. The highest BCUT2D eigenvalue weighted by molar-refractivity contribution is 6.31. The summed E-state index contributed by atoms with van der Waals surface area (Å²) in [6.07, 6.45) is 1.28. The number of carbonyl (C=O) groups is 1. The van der Waals surface area contributed by atoms with E-state index in [0.29, 0.717) is 10.6 Å². The van der Waals surface area contributed by atoms with E-state index in [1.807, 2.05) is 60.7 Å². The maximum Gasteiger partial charge on any atom is 0.213 e. The van der Waals surface area contributed by atoms with Gasteiger partial charge >= 0.3 is 0 Å². The summed E-state index contributed by atoms with van der Waals surface area (Å²) >= 11 is 6.06. The Hall–Kier alpha value is -2.52. The van der Waals surface area contributed by atoms with E-state index in [4.69, 9.17) is 11.6 Å². The number of nitrogens with zero attached hydrogens (tertiary/aromatic N) is 1. The summed E-state index contributed by atoms with van der Waals surface area (Å²) in [6, 6.07) is 20.3. The third-order valence-corrected chi connectivity index (χ3v) is 4.19. The van der Waals surface area contributed by atoms with Crippen LogP contribution in [0.4, 0.5) is 4.39 Å². The molecule has 0 radical (unpaired) electrons. The molecule has 0 saturated carbocycles. The highest BCUT2D eigenvalue weighted by Crippen LogP contribution is 2.28. The molecule has 24 heavy (non-hydrogen) atoms. The molecule has 0 amide bonds. The molecule has 0 unspecified atom stereocenters. The highest BCUT2D eigenvalue weighted by atomic mass is 35.5. The summed E-state index contributed by atoms with van der Waals surface area (Å²) in [5.41, 5.74) is 2.25. The molecule has 0 atom stereocenters. The van der Waals surface area contributed by atoms with Gasteiger partial charge in [-0.1, -0.05) is 72.3 Å². The van der Waals surface area contributed by atoms with Crippen molar-refractivity contribution in [3.05, 3.63) is 101 Å². The number of ketones is 1. The van der Waals surface area contributed by atoms with Crippen LogP contribution in [-0.2, 0) is 11.2 Å². The predicted octanol–water partition coefficient (Wildman–Crippen LogP) is 4.82. The minimum absolute atomic E-state index is 0.0418. The fourth-order valence-corrected chi connectivity index (χ4v) is 2.90. The van der Waals surface area contributed by atoms with Crippen molar-refractivity contribution in [2.75, 3.05) is 0 Å². The number of rotatable bonds is 5. The Morgan fingerprint density at radius 3 is 2.08 bits per heavy atom. The standard InChI is InChI=1S/C20H15ClFNO/c21-17-13-23-19(22)12-16(17)11-18(24)20(14-7-3-1-4-8-14)15-9-5-2-6-10-15/h1-10,12-13,20H,11H2. The van der Waals surface area contributed by atoms with Gasteiger partial charge in [0.05, 0.1) is 10.9 Å². The van der Waals surface area contributed by atoms with Crippen LogP contribution in [0.2, 0.25) is 5.02 Å². The molecule has 2 nitrogen and oxygen atoms in total. The molecule has 2 aromatic carbocycles. The van der Waals surface area contributed by atoms with Gasteiger partial charge in [-0.15, -0.1) is 0 Å². The first kappa shape index (κ1) is 16.3. The molecule has 0 aliphatic rings. The van der Waals surface area contributed by atoms with Gasteiger partial charge in [-0.05, 0) is 22.8 Å². The van der Waals surface area contributed by atoms with E-state index < -0.39 is 11.9 Å². The number of aromatic nitrogens is 1. The fraction of sp³-hybridized carbons (Fsp3) is 0.100. The number of pyridine rings is 1. The van der Waals surface area contributed by atoms with Gasteiger partial charge in [-0.25, -0.2) is 4.98 Å². The Kier molecular flexibility index (Phi) is 5.02. The maximum absolute atomic E-state index is 13.4. The summed E-state index contributed by atoms with van der Waals surface area (Å²) in [5.74, 6) is -1.10. The Labute approximate surface area is 144 Å². The van der Waals surface area contributed by atoms with E-state index in [1.54, 1.807) is 0 Å². The second-order valence-corrected chi connectivity index (χ2v) is 5.90. The smallest absolute Gasteiger partial charge is 0.213 e. The minimum Gasteiger partial charge on any atom is -0.298 e. The number of hydrogen-bond acceptors (Lipinski definition) is 2. The molecule has 0 bridgehead atoms. The van der Waals surface area contributed by atoms with Crippen LogP contribution in [0, 0.1) is 5.95 Å². The zero-order valence-electron chi connectivity index (χ0n) is 12.8. The summed E-state index contributed by atoms with van der Waals surface area (Å²) in [5, 5.41) is 0.296. The Bertz CT molecular complexity index is 797. The molecular weight excluding hydrogens is 325 g/mol. The van der Waals surface area contributed by atoms with E-state index in [9.17, 15) is 9.18 Å². The van der Waals surface area contributed by atoms with Crippen LogP contribution in [0.1, 0.15) is 22.6 Å². The summed E-state index contributed by atoms with van der Waals surface area (Å²) < 4.78 is 13.4. The van der Waals surface area contributed by atoms with Crippen LogP contribution in [0.15, 0.2) is 72.9 Å². The summed E-state index contributed by atoms with van der Waals surface area (Å²) in [6.45, 7) is 0. The van der Waals surface area contributed by atoms with E-state index in [0.717, 1.165) is 11.1 Å². The van der Waals surface area contributed by atoms with Crippen LogP contribution >= 0.6 is 11.6 Å². The van der Waals surface area contributed by atoms with Gasteiger partial charge in [0.25, 0.3) is 0 Å². The molecule has 120 valence electrons. The number of hydrogen-bond donors (Lipinski definition) is 0. The second-order valence-electron chi connectivity index (χ2n) is 5.50. The molecule has 4 heteroatoms. The molecule has 3 rings (SSSR count). The van der Waals surface area contributed by atoms with Crippen molar-refractivity contribution >= 4 is 17.4 Å².